The van der Waals surface area contributed by atoms with E-state index in [1.54, 1.807) is 0 Å². The molecule has 0 saturated carbocycles. The fraction of sp³-hybridized carbons (Fsp3) is 0.227. The normalized spacial score (nSPS) is 15.7. The maximum atomic E-state index is 12.6. The highest BCUT2D eigenvalue weighted by Crippen LogP contribution is 2.14. The smallest absolute Gasteiger partial charge is 0.325 e. The monoisotopic (exact) mass is 418 g/mol. The van der Waals surface area contributed by atoms with Crippen LogP contribution in [0.1, 0.15) is 23.4 Å². The number of hydrogen-bond acceptors (Lipinski definition) is 5. The molecule has 9 nitrogen and oxygen atoms in total. The number of hydrogen-bond donors (Lipinski definition) is 3. The first-order chi connectivity index (χ1) is 15.1. The summed E-state index contributed by atoms with van der Waals surface area (Å²) < 4.78 is 0. The van der Waals surface area contributed by atoms with E-state index in [1.165, 1.54) is 5.56 Å². The van der Waals surface area contributed by atoms with Crippen molar-refractivity contribution in [2.75, 3.05) is 5.32 Å². The van der Waals surface area contributed by atoms with Crippen LogP contribution in [0.2, 0.25) is 0 Å². The first-order valence-electron chi connectivity index (χ1n) is 9.99. The Labute approximate surface area is 178 Å². The van der Waals surface area contributed by atoms with Crippen molar-refractivity contribution in [3.63, 3.8) is 0 Å². The van der Waals surface area contributed by atoms with Gasteiger partial charge in [0.05, 0.1) is 13.0 Å². The van der Waals surface area contributed by atoms with Crippen LogP contribution < -0.4 is 10.6 Å². The van der Waals surface area contributed by atoms with Gasteiger partial charge in [-0.2, -0.15) is 4.98 Å². The van der Waals surface area contributed by atoms with Crippen LogP contribution in [0.5, 0.6) is 0 Å². The lowest BCUT2D eigenvalue weighted by Gasteiger charge is -2.12. The van der Waals surface area contributed by atoms with Crippen molar-refractivity contribution < 1.29 is 14.4 Å². The molecule has 1 aliphatic heterocycles. The molecular formula is C22H22N6O3. The molecule has 0 bridgehead atoms. The van der Waals surface area contributed by atoms with Gasteiger partial charge >= 0.3 is 6.03 Å². The average Bonchev–Trinajstić information content (AvgIpc) is 3.33. The van der Waals surface area contributed by atoms with E-state index in [-0.39, 0.29) is 18.9 Å². The van der Waals surface area contributed by atoms with Gasteiger partial charge in [-0.1, -0.05) is 60.7 Å². The summed E-state index contributed by atoms with van der Waals surface area (Å²) in [5, 5.41) is 11.9. The number of urea groups is 1. The number of rotatable bonds is 8. The highest BCUT2D eigenvalue weighted by molar-refractivity contribution is 6.06. The molecule has 0 radical (unpaired) electrons. The second kappa shape index (κ2) is 9.21. The molecule has 2 aromatic carbocycles. The number of amides is 4. The number of aromatic nitrogens is 3. The van der Waals surface area contributed by atoms with Crippen molar-refractivity contribution in [1.82, 2.24) is 25.4 Å². The lowest BCUT2D eigenvalue weighted by Crippen LogP contribution is -2.34. The zero-order valence-corrected chi connectivity index (χ0v) is 16.7. The molecule has 1 atom stereocenters. The molecule has 1 saturated heterocycles. The van der Waals surface area contributed by atoms with Crippen LogP contribution in [-0.2, 0) is 29.0 Å². The fourth-order valence-electron chi connectivity index (χ4n) is 3.36. The van der Waals surface area contributed by atoms with Crippen LogP contribution >= 0.6 is 0 Å². The Balaban J connectivity index is 1.28. The van der Waals surface area contributed by atoms with Gasteiger partial charge in [-0.05, 0) is 17.5 Å². The number of aryl methyl sites for hydroxylation is 2. The Morgan fingerprint density at radius 3 is 2.35 bits per heavy atom. The molecule has 158 valence electrons. The van der Waals surface area contributed by atoms with E-state index in [2.05, 4.69) is 25.8 Å². The standard InChI is InChI=1S/C22H22N6O3/c29-19(25-21-24-18(26-27-21)12-11-15-7-3-1-4-8-15)13-17-20(30)28(22(31)23-17)14-16-9-5-2-6-10-16/h1-10,17H,11-14H2,(H,23,31)(H2,24,25,26,27,29)/t17-/m1/s1. The lowest BCUT2D eigenvalue weighted by molar-refractivity contribution is -0.130. The first kappa shape index (κ1) is 20.3. The highest BCUT2D eigenvalue weighted by Gasteiger charge is 2.39. The van der Waals surface area contributed by atoms with E-state index in [0.29, 0.717) is 12.2 Å². The van der Waals surface area contributed by atoms with Crippen molar-refractivity contribution in [3.8, 4) is 0 Å². The first-order valence-corrected chi connectivity index (χ1v) is 9.99. The molecule has 0 spiro atoms. The number of carbonyl (C=O) groups excluding carboxylic acids is 3. The Hall–Kier alpha value is -4.01. The number of benzene rings is 2. The third-order valence-electron chi connectivity index (χ3n) is 4.96. The van der Waals surface area contributed by atoms with Gasteiger partial charge in [0.2, 0.25) is 11.9 Å². The molecule has 2 heterocycles. The summed E-state index contributed by atoms with van der Waals surface area (Å²) in [5.74, 6) is -0.0826. The minimum absolute atomic E-state index is 0.144. The number of anilines is 1. The molecule has 4 rings (SSSR count). The molecule has 1 aromatic heterocycles. The molecular weight excluding hydrogens is 396 g/mol. The number of H-pyrrole nitrogens is 1. The quantitative estimate of drug-likeness (QED) is 0.484. The molecule has 1 aliphatic rings. The van der Waals surface area contributed by atoms with Crippen LogP contribution in [0.3, 0.4) is 0 Å². The SMILES string of the molecule is O=C(C[C@H]1NC(=O)N(Cc2ccccc2)C1=O)Nc1n[nH]c(CCc2ccccc2)n1. The van der Waals surface area contributed by atoms with Gasteiger partial charge in [0.1, 0.15) is 11.9 Å². The predicted molar refractivity (Wildman–Crippen MR) is 113 cm³/mol. The van der Waals surface area contributed by atoms with Crippen LogP contribution in [0.4, 0.5) is 10.7 Å². The Morgan fingerprint density at radius 2 is 1.65 bits per heavy atom. The minimum atomic E-state index is -0.910. The summed E-state index contributed by atoms with van der Waals surface area (Å²) in [5.41, 5.74) is 2.01. The molecule has 31 heavy (non-hydrogen) atoms. The van der Waals surface area contributed by atoms with E-state index >= 15 is 0 Å². The topological polar surface area (TPSA) is 120 Å². The third kappa shape index (κ3) is 5.13. The van der Waals surface area contributed by atoms with Crippen molar-refractivity contribution in [3.05, 3.63) is 77.6 Å². The largest absolute Gasteiger partial charge is 0.325 e. The minimum Gasteiger partial charge on any atom is -0.325 e. The second-order valence-electron chi connectivity index (χ2n) is 7.26. The Kier molecular flexibility index (Phi) is 6.02. The van der Waals surface area contributed by atoms with Gasteiger partial charge in [0.25, 0.3) is 5.91 Å². The molecule has 1 fully saturated rings. The van der Waals surface area contributed by atoms with Crippen LogP contribution in [0.15, 0.2) is 60.7 Å². The van der Waals surface area contributed by atoms with Gasteiger partial charge < -0.3 is 5.32 Å². The summed E-state index contributed by atoms with van der Waals surface area (Å²) in [6.07, 6.45) is 1.26. The number of imide groups is 1. The maximum absolute atomic E-state index is 12.6. The average molecular weight is 418 g/mol. The molecule has 0 aliphatic carbocycles. The summed E-state index contributed by atoms with van der Waals surface area (Å²) in [6.45, 7) is 0.162. The number of nitrogens with zero attached hydrogens (tertiary/aromatic N) is 3. The molecule has 3 aromatic rings. The van der Waals surface area contributed by atoms with E-state index in [9.17, 15) is 14.4 Å². The van der Waals surface area contributed by atoms with E-state index < -0.39 is 23.9 Å². The predicted octanol–water partition coefficient (Wildman–Crippen LogP) is 2.04. The van der Waals surface area contributed by atoms with Crippen molar-refractivity contribution in [2.45, 2.75) is 31.8 Å². The zero-order chi connectivity index (χ0) is 21.6. The van der Waals surface area contributed by atoms with E-state index in [1.807, 2.05) is 60.7 Å². The summed E-state index contributed by atoms with van der Waals surface area (Å²) in [4.78, 5) is 42.4. The Morgan fingerprint density at radius 1 is 0.968 bits per heavy atom. The highest BCUT2D eigenvalue weighted by atomic mass is 16.2. The molecule has 3 N–H and O–H groups in total. The van der Waals surface area contributed by atoms with Gasteiger partial charge in [0.15, 0.2) is 0 Å². The lowest BCUT2D eigenvalue weighted by atomic mass is 10.1. The second-order valence-corrected chi connectivity index (χ2v) is 7.26. The van der Waals surface area contributed by atoms with Crippen LogP contribution in [0.25, 0.3) is 0 Å². The Bertz CT molecular complexity index is 1070. The number of carbonyl (C=O) groups is 3. The van der Waals surface area contributed by atoms with Crippen molar-refractivity contribution >= 4 is 23.8 Å². The van der Waals surface area contributed by atoms with Gasteiger partial charge in [-0.15, -0.1) is 5.10 Å². The summed E-state index contributed by atoms with van der Waals surface area (Å²) in [6, 6.07) is 17.8. The van der Waals surface area contributed by atoms with E-state index in [0.717, 1.165) is 16.9 Å². The molecule has 0 unspecified atom stereocenters. The molecule has 9 heteroatoms. The number of nitrogens with one attached hydrogen (secondary N) is 3. The zero-order valence-electron chi connectivity index (χ0n) is 16.7. The van der Waals surface area contributed by atoms with Crippen LogP contribution in [-0.4, -0.2) is 44.0 Å². The maximum Gasteiger partial charge on any atom is 0.325 e. The fourth-order valence-corrected chi connectivity index (χ4v) is 3.36. The number of aromatic amines is 1. The van der Waals surface area contributed by atoms with Crippen molar-refractivity contribution in [1.29, 1.82) is 0 Å². The third-order valence-corrected chi connectivity index (χ3v) is 4.96. The molecule has 4 amide bonds. The summed E-state index contributed by atoms with van der Waals surface area (Å²) >= 11 is 0. The van der Waals surface area contributed by atoms with Gasteiger partial charge in [0, 0.05) is 6.42 Å². The van der Waals surface area contributed by atoms with E-state index in [4.69, 9.17) is 0 Å². The van der Waals surface area contributed by atoms with Crippen molar-refractivity contribution in [2.24, 2.45) is 0 Å². The van der Waals surface area contributed by atoms with Gasteiger partial charge in [-0.3, -0.25) is 24.9 Å². The van der Waals surface area contributed by atoms with Gasteiger partial charge in [-0.25, -0.2) is 4.79 Å². The van der Waals surface area contributed by atoms with Crippen LogP contribution in [0, 0.1) is 0 Å². The summed E-state index contributed by atoms with van der Waals surface area (Å²) in [7, 11) is 0.